The van der Waals surface area contributed by atoms with Crippen LogP contribution in [0.2, 0.25) is 0 Å². The molecule has 1 unspecified atom stereocenters. The summed E-state index contributed by atoms with van der Waals surface area (Å²) in [4.78, 5) is 31.0. The number of methoxy groups -OCH3 is 1. The minimum atomic E-state index is -0.475. The fourth-order valence-electron chi connectivity index (χ4n) is 2.98. The third-order valence-corrected chi connectivity index (χ3v) is 4.32. The maximum atomic E-state index is 13.1. The molecular weight excluding hydrogens is 340 g/mol. The first-order valence-corrected chi connectivity index (χ1v) is 8.53. The number of amides is 1. The fraction of sp³-hybridized carbons (Fsp3) is 0.136. The smallest absolute Gasteiger partial charge is 0.337 e. The standard InChI is InChI=1S/C22H20N2O3/c1-24(21(25)17-11-8-12-18(15-17)22(26)27-2)20(16-9-4-3-5-10-16)19-13-6-7-14-23-19/h3-15,20H,1-2H3. The topological polar surface area (TPSA) is 59.5 Å². The van der Waals surface area contributed by atoms with Gasteiger partial charge in [-0.05, 0) is 35.9 Å². The van der Waals surface area contributed by atoms with Gasteiger partial charge in [0.25, 0.3) is 5.91 Å². The van der Waals surface area contributed by atoms with Crippen molar-refractivity contribution in [1.29, 1.82) is 0 Å². The van der Waals surface area contributed by atoms with Gasteiger partial charge in [0.15, 0.2) is 0 Å². The van der Waals surface area contributed by atoms with Crippen LogP contribution in [0.25, 0.3) is 0 Å². The molecule has 3 aromatic rings. The van der Waals surface area contributed by atoms with Gasteiger partial charge in [0.1, 0.15) is 0 Å². The molecule has 0 aliphatic rings. The summed E-state index contributed by atoms with van der Waals surface area (Å²) in [5, 5.41) is 0. The fourth-order valence-corrected chi connectivity index (χ4v) is 2.98. The highest BCUT2D eigenvalue weighted by atomic mass is 16.5. The molecule has 0 saturated heterocycles. The van der Waals surface area contributed by atoms with Gasteiger partial charge >= 0.3 is 5.97 Å². The van der Waals surface area contributed by atoms with E-state index in [0.717, 1.165) is 11.3 Å². The Morgan fingerprint density at radius 1 is 0.926 bits per heavy atom. The Balaban J connectivity index is 1.98. The molecule has 136 valence electrons. The van der Waals surface area contributed by atoms with E-state index in [-0.39, 0.29) is 11.9 Å². The Kier molecular flexibility index (Phi) is 5.61. The second-order valence-corrected chi connectivity index (χ2v) is 6.06. The molecule has 1 amide bonds. The number of hydrogen-bond donors (Lipinski definition) is 0. The first-order chi connectivity index (χ1) is 13.1. The van der Waals surface area contributed by atoms with Crippen LogP contribution in [0, 0.1) is 0 Å². The number of hydrogen-bond acceptors (Lipinski definition) is 4. The molecule has 5 heteroatoms. The lowest BCUT2D eigenvalue weighted by Crippen LogP contribution is -2.32. The van der Waals surface area contributed by atoms with Crippen LogP contribution >= 0.6 is 0 Å². The molecule has 5 nitrogen and oxygen atoms in total. The van der Waals surface area contributed by atoms with E-state index in [0.29, 0.717) is 11.1 Å². The zero-order valence-corrected chi connectivity index (χ0v) is 15.2. The van der Waals surface area contributed by atoms with E-state index in [1.807, 2.05) is 48.5 Å². The van der Waals surface area contributed by atoms with Gasteiger partial charge in [-0.25, -0.2) is 4.79 Å². The number of carbonyl (C=O) groups excluding carboxylic acids is 2. The number of esters is 1. The number of benzene rings is 2. The SMILES string of the molecule is COC(=O)c1cccc(C(=O)N(C)C(c2ccccc2)c2ccccn2)c1. The van der Waals surface area contributed by atoms with Crippen molar-refractivity contribution in [3.05, 3.63) is 101 Å². The predicted octanol–water partition coefficient (Wildman–Crippen LogP) is 3.73. The Morgan fingerprint density at radius 2 is 1.63 bits per heavy atom. The number of aromatic nitrogens is 1. The minimum Gasteiger partial charge on any atom is -0.465 e. The van der Waals surface area contributed by atoms with Gasteiger partial charge in [-0.3, -0.25) is 9.78 Å². The molecule has 2 aromatic carbocycles. The molecule has 3 rings (SSSR count). The van der Waals surface area contributed by atoms with E-state index in [1.165, 1.54) is 7.11 Å². The Labute approximate surface area is 158 Å². The highest BCUT2D eigenvalue weighted by Crippen LogP contribution is 2.27. The largest absolute Gasteiger partial charge is 0.465 e. The number of carbonyl (C=O) groups is 2. The van der Waals surface area contributed by atoms with Crippen molar-refractivity contribution in [3.63, 3.8) is 0 Å². The molecule has 0 radical (unpaired) electrons. The van der Waals surface area contributed by atoms with Crippen LogP contribution in [0.1, 0.15) is 38.0 Å². The predicted molar refractivity (Wildman–Crippen MR) is 102 cm³/mol. The monoisotopic (exact) mass is 360 g/mol. The van der Waals surface area contributed by atoms with Crippen molar-refractivity contribution in [2.24, 2.45) is 0 Å². The summed E-state index contributed by atoms with van der Waals surface area (Å²) in [6.45, 7) is 0. The normalized spacial score (nSPS) is 11.5. The Bertz CT molecular complexity index is 887. The van der Waals surface area contributed by atoms with Gasteiger partial charge in [-0.15, -0.1) is 0 Å². The highest BCUT2D eigenvalue weighted by molar-refractivity contribution is 5.98. The Morgan fingerprint density at radius 3 is 2.30 bits per heavy atom. The van der Waals surface area contributed by atoms with Crippen molar-refractivity contribution >= 4 is 11.9 Å². The summed E-state index contributed by atoms with van der Waals surface area (Å²) in [5.41, 5.74) is 2.47. The first-order valence-electron chi connectivity index (χ1n) is 8.53. The molecule has 0 N–H and O–H groups in total. The van der Waals surface area contributed by atoms with Crippen LogP contribution in [0.3, 0.4) is 0 Å². The average Bonchev–Trinajstić information content (AvgIpc) is 2.74. The number of rotatable bonds is 5. The van der Waals surface area contributed by atoms with Crippen molar-refractivity contribution < 1.29 is 14.3 Å². The molecule has 0 aliphatic heterocycles. The third kappa shape index (κ3) is 4.03. The van der Waals surface area contributed by atoms with Crippen molar-refractivity contribution in [2.45, 2.75) is 6.04 Å². The highest BCUT2D eigenvalue weighted by Gasteiger charge is 2.25. The first kappa shape index (κ1) is 18.3. The summed E-state index contributed by atoms with van der Waals surface area (Å²) < 4.78 is 4.74. The maximum Gasteiger partial charge on any atom is 0.337 e. The summed E-state index contributed by atoms with van der Waals surface area (Å²) in [7, 11) is 3.05. The van der Waals surface area contributed by atoms with E-state index < -0.39 is 5.97 Å². The molecule has 1 aromatic heterocycles. The summed E-state index contributed by atoms with van der Waals surface area (Å²) in [6.07, 6.45) is 1.71. The molecule has 0 saturated carbocycles. The molecule has 27 heavy (non-hydrogen) atoms. The van der Waals surface area contributed by atoms with Crippen molar-refractivity contribution in [3.8, 4) is 0 Å². The summed E-state index contributed by atoms with van der Waals surface area (Å²) >= 11 is 0. The lowest BCUT2D eigenvalue weighted by molar-refractivity contribution is 0.0600. The molecule has 0 bridgehead atoms. The lowest BCUT2D eigenvalue weighted by atomic mass is 10.0. The molecule has 0 aliphatic carbocycles. The zero-order valence-electron chi connectivity index (χ0n) is 15.2. The Hall–Kier alpha value is -3.47. The van der Waals surface area contributed by atoms with E-state index in [2.05, 4.69) is 4.98 Å². The van der Waals surface area contributed by atoms with Gasteiger partial charge in [0.2, 0.25) is 0 Å². The van der Waals surface area contributed by atoms with Gasteiger partial charge in [0.05, 0.1) is 24.4 Å². The molecule has 0 spiro atoms. The molecule has 1 atom stereocenters. The lowest BCUT2D eigenvalue weighted by Gasteiger charge is -2.28. The van der Waals surface area contributed by atoms with E-state index in [4.69, 9.17) is 4.74 Å². The van der Waals surface area contributed by atoms with Crippen molar-refractivity contribution in [2.75, 3.05) is 14.2 Å². The average molecular weight is 360 g/mol. The summed E-state index contributed by atoms with van der Waals surface area (Å²) in [5.74, 6) is -0.683. The third-order valence-electron chi connectivity index (χ3n) is 4.32. The van der Waals surface area contributed by atoms with Crippen molar-refractivity contribution in [1.82, 2.24) is 9.88 Å². The van der Waals surface area contributed by atoms with Crippen LogP contribution < -0.4 is 0 Å². The quantitative estimate of drug-likeness (QED) is 0.651. The van der Waals surface area contributed by atoms with E-state index in [9.17, 15) is 9.59 Å². The number of ether oxygens (including phenoxy) is 1. The van der Waals surface area contributed by atoms with Gasteiger partial charge in [0, 0.05) is 18.8 Å². The molecule has 1 heterocycles. The van der Waals surface area contributed by atoms with Gasteiger partial charge in [-0.1, -0.05) is 42.5 Å². The van der Waals surface area contributed by atoms with Crippen LogP contribution in [0.5, 0.6) is 0 Å². The second kappa shape index (κ2) is 8.27. The molecule has 0 fully saturated rings. The van der Waals surface area contributed by atoms with Gasteiger partial charge < -0.3 is 9.64 Å². The van der Waals surface area contributed by atoms with Gasteiger partial charge in [-0.2, -0.15) is 0 Å². The summed E-state index contributed by atoms with van der Waals surface area (Å²) in [6, 6.07) is 21.5. The van der Waals surface area contributed by atoms with E-state index >= 15 is 0 Å². The second-order valence-electron chi connectivity index (χ2n) is 6.06. The van der Waals surface area contributed by atoms with E-state index in [1.54, 1.807) is 42.4 Å². The molecular formula is C22H20N2O3. The van der Waals surface area contributed by atoms with Crippen LogP contribution in [0.15, 0.2) is 79.0 Å². The zero-order chi connectivity index (χ0) is 19.2. The van der Waals surface area contributed by atoms with Crippen LogP contribution in [0.4, 0.5) is 0 Å². The van der Waals surface area contributed by atoms with Crippen LogP contribution in [-0.2, 0) is 4.74 Å². The number of pyridine rings is 1. The minimum absolute atomic E-state index is 0.208. The van der Waals surface area contributed by atoms with Crippen LogP contribution in [-0.4, -0.2) is 35.9 Å². The maximum absolute atomic E-state index is 13.1. The number of nitrogens with zero attached hydrogens (tertiary/aromatic N) is 2.